The number of rotatable bonds is 9. The number of methoxy groups -OCH3 is 1. The molecule has 2 aromatic carbocycles. The van der Waals surface area contributed by atoms with Gasteiger partial charge in [-0.15, -0.1) is 11.8 Å². The molecule has 30 heavy (non-hydrogen) atoms. The Morgan fingerprint density at radius 3 is 2.60 bits per heavy atom. The molecule has 10 heteroatoms. The van der Waals surface area contributed by atoms with Crippen LogP contribution in [0, 0.1) is 10.1 Å². The summed E-state index contributed by atoms with van der Waals surface area (Å²) in [5.74, 6) is 1.36. The summed E-state index contributed by atoms with van der Waals surface area (Å²) < 4.78 is 38.5. The van der Waals surface area contributed by atoms with E-state index in [1.54, 1.807) is 18.2 Å². The first-order valence-electron chi connectivity index (χ1n) is 9.57. The third-order valence-corrected chi connectivity index (χ3v) is 8.00. The van der Waals surface area contributed by atoms with Crippen LogP contribution in [-0.2, 0) is 10.0 Å². The molecule has 1 heterocycles. The van der Waals surface area contributed by atoms with Crippen LogP contribution in [0.4, 0.5) is 5.69 Å². The lowest BCUT2D eigenvalue weighted by atomic mass is 10.2. The number of ether oxygens (including phenoxy) is 2. The number of sulfonamides is 1. The Balaban J connectivity index is 1.85. The van der Waals surface area contributed by atoms with Crippen molar-refractivity contribution in [3.8, 4) is 11.5 Å². The topological polar surface area (TPSA) is 99.0 Å². The first kappa shape index (κ1) is 22.4. The first-order valence-corrected chi connectivity index (χ1v) is 12.1. The van der Waals surface area contributed by atoms with Gasteiger partial charge in [0.15, 0.2) is 5.75 Å². The first-order chi connectivity index (χ1) is 14.4. The fourth-order valence-corrected chi connectivity index (χ4v) is 6.37. The minimum atomic E-state index is -3.77. The summed E-state index contributed by atoms with van der Waals surface area (Å²) in [6, 6.07) is 10.9. The minimum absolute atomic E-state index is 0.139. The van der Waals surface area contributed by atoms with E-state index in [0.29, 0.717) is 30.2 Å². The van der Waals surface area contributed by atoms with Crippen molar-refractivity contribution in [3.63, 3.8) is 0 Å². The molecule has 0 radical (unpaired) electrons. The lowest BCUT2D eigenvalue weighted by Gasteiger charge is -2.23. The smallest absolute Gasteiger partial charge is 0.311 e. The molecule has 0 amide bonds. The second-order valence-electron chi connectivity index (χ2n) is 6.70. The molecule has 0 aromatic heterocycles. The number of thioether (sulfide) groups is 1. The van der Waals surface area contributed by atoms with Gasteiger partial charge in [-0.2, -0.15) is 4.31 Å². The van der Waals surface area contributed by atoms with Crippen LogP contribution in [0.2, 0.25) is 0 Å². The van der Waals surface area contributed by atoms with Crippen molar-refractivity contribution >= 4 is 27.5 Å². The number of unbranched alkanes of at least 4 members (excludes halogenated alkanes) is 1. The Morgan fingerprint density at radius 2 is 1.97 bits per heavy atom. The van der Waals surface area contributed by atoms with Crippen LogP contribution in [0.5, 0.6) is 11.5 Å². The van der Waals surface area contributed by atoms with E-state index in [9.17, 15) is 18.5 Å². The van der Waals surface area contributed by atoms with Crippen molar-refractivity contribution in [2.45, 2.75) is 30.0 Å². The second kappa shape index (κ2) is 9.67. The fraction of sp³-hybridized carbons (Fsp3) is 0.400. The van der Waals surface area contributed by atoms with Crippen LogP contribution in [0.1, 0.15) is 30.7 Å². The molecule has 0 N–H and O–H groups in total. The van der Waals surface area contributed by atoms with E-state index in [1.165, 1.54) is 47.4 Å². The summed E-state index contributed by atoms with van der Waals surface area (Å²) in [7, 11) is -2.41. The van der Waals surface area contributed by atoms with Gasteiger partial charge in [0, 0.05) is 18.4 Å². The summed E-state index contributed by atoms with van der Waals surface area (Å²) in [6.07, 6.45) is 1.95. The molecule has 1 saturated heterocycles. The van der Waals surface area contributed by atoms with Gasteiger partial charge in [0.05, 0.1) is 28.9 Å². The van der Waals surface area contributed by atoms with Crippen LogP contribution in [0.25, 0.3) is 0 Å². The van der Waals surface area contributed by atoms with Crippen LogP contribution in [-0.4, -0.2) is 43.7 Å². The summed E-state index contributed by atoms with van der Waals surface area (Å²) in [5.41, 5.74) is 0.363. The second-order valence-corrected chi connectivity index (χ2v) is 9.78. The van der Waals surface area contributed by atoms with E-state index in [4.69, 9.17) is 9.47 Å². The molecule has 1 aliphatic rings. The average molecular weight is 453 g/mol. The molecule has 1 aliphatic heterocycles. The molecule has 0 saturated carbocycles. The van der Waals surface area contributed by atoms with Crippen LogP contribution >= 0.6 is 11.8 Å². The molecule has 1 fully saturated rings. The van der Waals surface area contributed by atoms with Crippen molar-refractivity contribution in [2.24, 2.45) is 0 Å². The lowest BCUT2D eigenvalue weighted by molar-refractivity contribution is -0.385. The Morgan fingerprint density at radius 1 is 1.23 bits per heavy atom. The van der Waals surface area contributed by atoms with Gasteiger partial charge in [-0.3, -0.25) is 10.1 Å². The number of hydrogen-bond donors (Lipinski definition) is 0. The van der Waals surface area contributed by atoms with E-state index in [1.807, 2.05) is 0 Å². The van der Waals surface area contributed by atoms with Gasteiger partial charge in [0.1, 0.15) is 5.75 Å². The maximum absolute atomic E-state index is 13.2. The zero-order valence-electron chi connectivity index (χ0n) is 16.8. The molecule has 1 atom stereocenters. The van der Waals surface area contributed by atoms with E-state index in [0.717, 1.165) is 12.8 Å². The normalized spacial score (nSPS) is 17.1. The van der Waals surface area contributed by atoms with Gasteiger partial charge >= 0.3 is 5.69 Å². The molecular weight excluding hydrogens is 428 g/mol. The number of benzene rings is 2. The predicted octanol–water partition coefficient (Wildman–Crippen LogP) is 4.22. The maximum Gasteiger partial charge on any atom is 0.311 e. The number of nitro groups is 1. The molecule has 0 spiro atoms. The molecule has 0 bridgehead atoms. The summed E-state index contributed by atoms with van der Waals surface area (Å²) >= 11 is 1.43. The highest BCUT2D eigenvalue weighted by Crippen LogP contribution is 2.43. The third-order valence-electron chi connectivity index (χ3n) is 4.73. The zero-order valence-corrected chi connectivity index (χ0v) is 18.4. The number of hydrogen-bond acceptors (Lipinski definition) is 7. The molecule has 8 nitrogen and oxygen atoms in total. The van der Waals surface area contributed by atoms with E-state index in [2.05, 4.69) is 6.92 Å². The molecule has 2 aromatic rings. The highest BCUT2D eigenvalue weighted by molar-refractivity contribution is 8.01. The summed E-state index contributed by atoms with van der Waals surface area (Å²) in [6.45, 7) is 2.98. The lowest BCUT2D eigenvalue weighted by Crippen LogP contribution is -2.30. The monoisotopic (exact) mass is 452 g/mol. The quantitative estimate of drug-likeness (QED) is 0.319. The van der Waals surface area contributed by atoms with Crippen molar-refractivity contribution in [1.29, 1.82) is 0 Å². The predicted molar refractivity (Wildman–Crippen MR) is 116 cm³/mol. The van der Waals surface area contributed by atoms with Gasteiger partial charge in [0.25, 0.3) is 0 Å². The molecule has 3 rings (SSSR count). The van der Waals surface area contributed by atoms with E-state index >= 15 is 0 Å². The SMILES string of the molecule is CCCCOc1ccc(S(=O)(=O)N2CCS[C@@H]2c2ccc(OC)c([N+](=O)[O-])c2)cc1. The van der Waals surface area contributed by atoms with Crippen molar-refractivity contribution in [1.82, 2.24) is 4.31 Å². The van der Waals surface area contributed by atoms with Gasteiger partial charge in [-0.05, 0) is 42.3 Å². The van der Waals surface area contributed by atoms with Gasteiger partial charge in [-0.1, -0.05) is 19.4 Å². The van der Waals surface area contributed by atoms with Crippen molar-refractivity contribution in [2.75, 3.05) is 26.0 Å². The Bertz CT molecular complexity index is 995. The highest BCUT2D eigenvalue weighted by Gasteiger charge is 2.37. The molecule has 0 unspecified atom stereocenters. The average Bonchev–Trinajstić information content (AvgIpc) is 3.24. The van der Waals surface area contributed by atoms with Crippen LogP contribution in [0.3, 0.4) is 0 Å². The van der Waals surface area contributed by atoms with E-state index in [-0.39, 0.29) is 16.3 Å². The Kier molecular flexibility index (Phi) is 7.22. The Hall–Kier alpha value is -2.30. The zero-order chi connectivity index (χ0) is 21.7. The molecule has 162 valence electrons. The largest absolute Gasteiger partial charge is 0.494 e. The number of nitro benzene ring substituents is 1. The molecule has 0 aliphatic carbocycles. The van der Waals surface area contributed by atoms with Crippen molar-refractivity contribution < 1.29 is 22.8 Å². The van der Waals surface area contributed by atoms with Gasteiger partial charge < -0.3 is 9.47 Å². The highest BCUT2D eigenvalue weighted by atomic mass is 32.2. The third kappa shape index (κ3) is 4.71. The van der Waals surface area contributed by atoms with Crippen LogP contribution < -0.4 is 9.47 Å². The van der Waals surface area contributed by atoms with E-state index < -0.39 is 20.3 Å². The Labute approximate surface area is 180 Å². The van der Waals surface area contributed by atoms with Crippen molar-refractivity contribution in [3.05, 3.63) is 58.1 Å². The summed E-state index contributed by atoms with van der Waals surface area (Å²) in [4.78, 5) is 11.0. The number of nitrogens with zero attached hydrogens (tertiary/aromatic N) is 2. The fourth-order valence-electron chi connectivity index (χ4n) is 3.14. The minimum Gasteiger partial charge on any atom is -0.494 e. The molecular formula is C20H24N2O6S2. The van der Waals surface area contributed by atoms with Gasteiger partial charge in [0.2, 0.25) is 10.0 Å². The summed E-state index contributed by atoms with van der Waals surface area (Å²) in [5, 5.41) is 10.8. The maximum atomic E-state index is 13.2. The standard InChI is InChI=1S/C20H24N2O6S2/c1-3-4-12-28-16-6-8-17(9-7-16)30(25,26)21-11-13-29-20(21)15-5-10-19(27-2)18(14-15)22(23)24/h5-10,14,20H,3-4,11-13H2,1-2H3/t20-/m1/s1. The van der Waals surface area contributed by atoms with Crippen LogP contribution in [0.15, 0.2) is 47.4 Å². The van der Waals surface area contributed by atoms with Gasteiger partial charge in [-0.25, -0.2) is 8.42 Å².